The Morgan fingerprint density at radius 1 is 1.62 bits per heavy atom. The molecule has 0 saturated heterocycles. The summed E-state index contributed by atoms with van der Waals surface area (Å²) in [5.74, 6) is 0. The largest absolute Gasteiger partial charge is 0.331 e. The summed E-state index contributed by atoms with van der Waals surface area (Å²) in [6, 6.07) is 0. The van der Waals surface area contributed by atoms with Crippen molar-refractivity contribution < 1.29 is 4.79 Å². The van der Waals surface area contributed by atoms with Crippen LogP contribution in [0, 0.1) is 0 Å². The maximum absolute atomic E-state index is 10.3. The van der Waals surface area contributed by atoms with Gasteiger partial charge in [0.25, 0.3) is 0 Å². The van der Waals surface area contributed by atoms with E-state index in [4.69, 9.17) is 0 Å². The first-order chi connectivity index (χ1) is 6.38. The summed E-state index contributed by atoms with van der Waals surface area (Å²) < 4.78 is 1.91. The minimum absolute atomic E-state index is 0.500. The molecule has 0 amide bonds. The fourth-order valence-corrected chi connectivity index (χ4v) is 1.74. The van der Waals surface area contributed by atoms with E-state index in [0.717, 1.165) is 11.3 Å². The van der Waals surface area contributed by atoms with Crippen LogP contribution in [0.15, 0.2) is 24.1 Å². The third-order valence-corrected chi connectivity index (χ3v) is 2.42. The molecule has 0 bridgehead atoms. The van der Waals surface area contributed by atoms with E-state index in [2.05, 4.69) is 9.97 Å². The van der Waals surface area contributed by atoms with Gasteiger partial charge in [0.2, 0.25) is 0 Å². The van der Waals surface area contributed by atoms with Crippen LogP contribution in [0.4, 0.5) is 0 Å². The highest BCUT2D eigenvalue weighted by molar-refractivity contribution is 7.09. The summed E-state index contributed by atoms with van der Waals surface area (Å²) in [6.07, 6.45) is 6.06. The van der Waals surface area contributed by atoms with E-state index in [1.54, 1.807) is 17.9 Å². The number of hydrogen-bond donors (Lipinski definition) is 0. The zero-order chi connectivity index (χ0) is 9.10. The van der Waals surface area contributed by atoms with Crippen molar-refractivity contribution >= 4 is 17.6 Å². The Bertz CT molecular complexity index is 393. The van der Waals surface area contributed by atoms with Crippen molar-refractivity contribution in [2.45, 2.75) is 6.54 Å². The van der Waals surface area contributed by atoms with Crippen LogP contribution in [0.5, 0.6) is 0 Å². The second kappa shape index (κ2) is 3.49. The molecule has 2 rings (SSSR count). The molecule has 0 atom stereocenters. The highest BCUT2D eigenvalue weighted by Crippen LogP contribution is 2.09. The van der Waals surface area contributed by atoms with Gasteiger partial charge in [0.05, 0.1) is 12.9 Å². The van der Waals surface area contributed by atoms with Crippen LogP contribution in [0.2, 0.25) is 0 Å². The molecule has 0 aromatic carbocycles. The van der Waals surface area contributed by atoms with E-state index >= 15 is 0 Å². The van der Waals surface area contributed by atoms with Crippen molar-refractivity contribution in [2.75, 3.05) is 0 Å². The molecule has 0 aliphatic carbocycles. The SMILES string of the molecule is O=Cc1csc(Cn2ccnc2)n1. The number of aldehydes is 1. The van der Waals surface area contributed by atoms with Gasteiger partial charge in [-0.25, -0.2) is 9.97 Å². The van der Waals surface area contributed by atoms with E-state index in [0.29, 0.717) is 12.2 Å². The van der Waals surface area contributed by atoms with E-state index in [9.17, 15) is 4.79 Å². The molecule has 2 heterocycles. The van der Waals surface area contributed by atoms with Crippen LogP contribution < -0.4 is 0 Å². The minimum atomic E-state index is 0.500. The van der Waals surface area contributed by atoms with E-state index < -0.39 is 0 Å². The van der Waals surface area contributed by atoms with Crippen LogP contribution in [0.25, 0.3) is 0 Å². The fourth-order valence-electron chi connectivity index (χ4n) is 0.988. The van der Waals surface area contributed by atoms with Gasteiger partial charge in [-0.05, 0) is 0 Å². The maximum Gasteiger partial charge on any atom is 0.169 e. The standard InChI is InChI=1S/C8H7N3OS/c12-4-7-5-13-8(10-7)3-11-2-1-9-6-11/h1-2,4-6H,3H2. The molecule has 5 heteroatoms. The molecular formula is C8H7N3OS. The normalized spacial score (nSPS) is 10.2. The predicted octanol–water partition coefficient (Wildman–Crippen LogP) is 1.20. The third kappa shape index (κ3) is 1.81. The minimum Gasteiger partial charge on any atom is -0.331 e. The molecule has 66 valence electrons. The van der Waals surface area contributed by atoms with Gasteiger partial charge in [0.1, 0.15) is 10.7 Å². The Morgan fingerprint density at radius 2 is 2.54 bits per heavy atom. The number of carbonyl (C=O) groups excluding carboxylic acids is 1. The number of aromatic nitrogens is 3. The summed E-state index contributed by atoms with van der Waals surface area (Å²) in [5.41, 5.74) is 0.500. The van der Waals surface area contributed by atoms with Crippen molar-refractivity contribution in [3.63, 3.8) is 0 Å². The first kappa shape index (κ1) is 8.12. The summed E-state index contributed by atoms with van der Waals surface area (Å²) >= 11 is 1.48. The van der Waals surface area contributed by atoms with Gasteiger partial charge in [-0.3, -0.25) is 4.79 Å². The molecule has 2 aromatic rings. The molecule has 0 spiro atoms. The average Bonchev–Trinajstić information content (AvgIpc) is 2.76. The van der Waals surface area contributed by atoms with Crippen LogP contribution in [0.1, 0.15) is 15.5 Å². The summed E-state index contributed by atoms with van der Waals surface area (Å²) in [4.78, 5) is 18.4. The Balaban J connectivity index is 2.14. The molecule has 0 radical (unpaired) electrons. The number of hydrogen-bond acceptors (Lipinski definition) is 4. The fraction of sp³-hybridized carbons (Fsp3) is 0.125. The van der Waals surface area contributed by atoms with Crippen LogP contribution >= 0.6 is 11.3 Å². The van der Waals surface area contributed by atoms with Crippen LogP contribution in [-0.4, -0.2) is 20.8 Å². The smallest absolute Gasteiger partial charge is 0.169 e. The highest BCUT2D eigenvalue weighted by Gasteiger charge is 2.00. The van der Waals surface area contributed by atoms with Gasteiger partial charge in [0.15, 0.2) is 6.29 Å². The third-order valence-electron chi connectivity index (χ3n) is 1.57. The Labute approximate surface area is 78.9 Å². The molecule has 13 heavy (non-hydrogen) atoms. The van der Waals surface area contributed by atoms with Crippen molar-refractivity contribution in [1.82, 2.24) is 14.5 Å². The number of carbonyl (C=O) groups is 1. The van der Waals surface area contributed by atoms with Crippen molar-refractivity contribution in [1.29, 1.82) is 0 Å². The van der Waals surface area contributed by atoms with Gasteiger partial charge in [-0.15, -0.1) is 11.3 Å². The summed E-state index contributed by atoms with van der Waals surface area (Å²) in [5, 5.41) is 2.67. The van der Waals surface area contributed by atoms with Gasteiger partial charge in [0, 0.05) is 17.8 Å². The zero-order valence-electron chi connectivity index (χ0n) is 6.75. The molecular weight excluding hydrogens is 186 g/mol. The lowest BCUT2D eigenvalue weighted by atomic mass is 10.5. The van der Waals surface area contributed by atoms with Gasteiger partial charge >= 0.3 is 0 Å². The second-order valence-electron chi connectivity index (χ2n) is 2.52. The lowest BCUT2D eigenvalue weighted by molar-refractivity contribution is 0.111. The number of rotatable bonds is 3. The number of imidazole rings is 1. The lowest BCUT2D eigenvalue weighted by Crippen LogP contribution is -1.95. The van der Waals surface area contributed by atoms with E-state index in [1.807, 2.05) is 10.8 Å². The highest BCUT2D eigenvalue weighted by atomic mass is 32.1. The number of nitrogens with zero attached hydrogens (tertiary/aromatic N) is 3. The summed E-state index contributed by atoms with van der Waals surface area (Å²) in [7, 11) is 0. The number of thiazole rings is 1. The molecule has 0 unspecified atom stereocenters. The van der Waals surface area contributed by atoms with Crippen LogP contribution in [-0.2, 0) is 6.54 Å². The summed E-state index contributed by atoms with van der Waals surface area (Å²) in [6.45, 7) is 0.679. The molecule has 0 aliphatic heterocycles. The first-order valence-electron chi connectivity index (χ1n) is 3.74. The Morgan fingerprint density at radius 3 is 3.15 bits per heavy atom. The van der Waals surface area contributed by atoms with Crippen molar-refractivity contribution in [2.24, 2.45) is 0 Å². The molecule has 0 aliphatic rings. The van der Waals surface area contributed by atoms with Gasteiger partial charge in [-0.2, -0.15) is 0 Å². The molecule has 0 saturated carbocycles. The first-order valence-corrected chi connectivity index (χ1v) is 4.62. The lowest BCUT2D eigenvalue weighted by Gasteiger charge is -1.95. The van der Waals surface area contributed by atoms with E-state index in [1.165, 1.54) is 11.3 Å². The van der Waals surface area contributed by atoms with Gasteiger partial charge < -0.3 is 4.57 Å². The van der Waals surface area contributed by atoms with Gasteiger partial charge in [-0.1, -0.05) is 0 Å². The quantitative estimate of drug-likeness (QED) is 0.688. The predicted molar refractivity (Wildman–Crippen MR) is 48.8 cm³/mol. The van der Waals surface area contributed by atoms with Crippen molar-refractivity contribution in [3.8, 4) is 0 Å². The molecule has 2 aromatic heterocycles. The monoisotopic (exact) mass is 193 g/mol. The zero-order valence-corrected chi connectivity index (χ0v) is 7.57. The second-order valence-corrected chi connectivity index (χ2v) is 3.46. The molecule has 0 fully saturated rings. The topological polar surface area (TPSA) is 47.8 Å². The van der Waals surface area contributed by atoms with Crippen LogP contribution in [0.3, 0.4) is 0 Å². The maximum atomic E-state index is 10.3. The Hall–Kier alpha value is -1.49. The molecule has 4 nitrogen and oxygen atoms in total. The average molecular weight is 193 g/mol. The van der Waals surface area contributed by atoms with E-state index in [-0.39, 0.29) is 0 Å². The van der Waals surface area contributed by atoms with Crippen molar-refractivity contribution in [3.05, 3.63) is 34.8 Å². The Kier molecular flexibility index (Phi) is 2.18. The molecule has 0 N–H and O–H groups in total.